The van der Waals surface area contributed by atoms with Crippen molar-refractivity contribution >= 4 is 17.4 Å². The van der Waals surface area contributed by atoms with Crippen LogP contribution < -0.4 is 10.3 Å². The number of hydrogen-bond donors (Lipinski definition) is 0. The van der Waals surface area contributed by atoms with E-state index in [9.17, 15) is 14.9 Å². The fraction of sp³-hybridized carbons (Fsp3) is 0.0909. The fourth-order valence-corrected chi connectivity index (χ4v) is 1.63. The second-order valence-corrected chi connectivity index (χ2v) is 3.95. The zero-order valence-electron chi connectivity index (χ0n) is 9.74. The number of rotatable bonds is 3. The Morgan fingerprint density at radius 1 is 1.37 bits per heavy atom. The Hall–Kier alpha value is -2.41. The summed E-state index contributed by atoms with van der Waals surface area (Å²) in [6.45, 7) is 0. The highest BCUT2D eigenvalue weighted by Gasteiger charge is 2.26. The van der Waals surface area contributed by atoms with Gasteiger partial charge in [-0.25, -0.2) is 0 Å². The van der Waals surface area contributed by atoms with Gasteiger partial charge in [-0.15, -0.1) is 4.68 Å². The normalized spacial score (nSPS) is 10.2. The lowest BCUT2D eigenvalue weighted by Crippen LogP contribution is -2.21. The van der Waals surface area contributed by atoms with Gasteiger partial charge >= 0.3 is 11.4 Å². The smallest absolute Gasteiger partial charge is 0.432 e. The Bertz CT molecular complexity index is 684. The molecule has 0 saturated heterocycles. The number of para-hydroxylation sites is 1. The molecule has 1 aromatic heterocycles. The van der Waals surface area contributed by atoms with E-state index in [-0.39, 0.29) is 10.8 Å². The molecule has 0 aliphatic heterocycles. The molecule has 0 aliphatic carbocycles. The number of aryl methyl sites for hydroxylation is 1. The molecule has 0 saturated carbocycles. The highest BCUT2D eigenvalue weighted by Crippen LogP contribution is 2.33. The van der Waals surface area contributed by atoms with Crippen LogP contribution in [0.3, 0.4) is 0 Å². The first kappa shape index (κ1) is 13.0. The van der Waals surface area contributed by atoms with Crippen LogP contribution in [-0.4, -0.2) is 14.7 Å². The highest BCUT2D eigenvalue weighted by atomic mass is 35.5. The van der Waals surface area contributed by atoms with Crippen LogP contribution >= 0.6 is 11.6 Å². The molecule has 0 fully saturated rings. The molecule has 0 N–H and O–H groups in total. The van der Waals surface area contributed by atoms with Crippen molar-refractivity contribution < 1.29 is 9.66 Å². The first-order valence-electron chi connectivity index (χ1n) is 5.15. The lowest BCUT2D eigenvalue weighted by atomic mass is 10.3. The second-order valence-electron chi connectivity index (χ2n) is 3.57. The molecule has 0 bridgehead atoms. The van der Waals surface area contributed by atoms with Crippen LogP contribution in [0.25, 0.3) is 0 Å². The summed E-state index contributed by atoms with van der Waals surface area (Å²) in [5, 5.41) is 14.1. The number of hydrogen-bond acceptors (Lipinski definition) is 5. The molecule has 0 aliphatic rings. The molecule has 7 nitrogen and oxygen atoms in total. The summed E-state index contributed by atoms with van der Waals surface area (Å²) in [5.41, 5.74) is -0.668. The van der Waals surface area contributed by atoms with Crippen LogP contribution in [0, 0.1) is 10.1 Å². The van der Waals surface area contributed by atoms with Gasteiger partial charge in [0.2, 0.25) is 0 Å². The first-order chi connectivity index (χ1) is 9.00. The van der Waals surface area contributed by atoms with Crippen molar-refractivity contribution in [1.29, 1.82) is 0 Å². The summed E-state index contributed by atoms with van der Waals surface area (Å²) in [7, 11) is 1.27. The molecule has 98 valence electrons. The molecule has 19 heavy (non-hydrogen) atoms. The summed E-state index contributed by atoms with van der Waals surface area (Å²) in [6.07, 6.45) is 0. The van der Waals surface area contributed by atoms with E-state index in [0.29, 0.717) is 5.75 Å². The Kier molecular flexibility index (Phi) is 3.48. The Morgan fingerprint density at radius 2 is 2.00 bits per heavy atom. The maximum absolute atomic E-state index is 11.6. The molecule has 0 atom stereocenters. The fourth-order valence-electron chi connectivity index (χ4n) is 1.39. The van der Waals surface area contributed by atoms with Crippen LogP contribution in [0.5, 0.6) is 11.5 Å². The van der Waals surface area contributed by atoms with Crippen LogP contribution in [-0.2, 0) is 7.05 Å². The van der Waals surface area contributed by atoms with E-state index in [4.69, 9.17) is 16.3 Å². The standard InChI is InChI=1S/C11H8ClN3O4/c1-14-11(16)8(12)9(10(13-14)15(17)18)19-7-5-3-2-4-6-7/h2-6H,1H3. The second kappa shape index (κ2) is 5.07. The lowest BCUT2D eigenvalue weighted by Gasteiger charge is -2.07. The minimum absolute atomic E-state index is 0.322. The highest BCUT2D eigenvalue weighted by molar-refractivity contribution is 6.32. The number of halogens is 1. The molecule has 8 heteroatoms. The third-order valence-electron chi connectivity index (χ3n) is 2.26. The molecule has 1 heterocycles. The zero-order valence-corrected chi connectivity index (χ0v) is 10.5. The van der Waals surface area contributed by atoms with Crippen LogP contribution in [0.15, 0.2) is 35.1 Å². The first-order valence-corrected chi connectivity index (χ1v) is 5.52. The van der Waals surface area contributed by atoms with E-state index >= 15 is 0 Å². The lowest BCUT2D eigenvalue weighted by molar-refractivity contribution is -0.391. The van der Waals surface area contributed by atoms with Gasteiger partial charge in [-0.2, -0.15) is 0 Å². The third-order valence-corrected chi connectivity index (χ3v) is 2.60. The number of aromatic nitrogens is 2. The molecule has 0 amide bonds. The topological polar surface area (TPSA) is 87.3 Å². The van der Waals surface area contributed by atoms with Crippen molar-refractivity contribution in [2.75, 3.05) is 0 Å². The van der Waals surface area contributed by atoms with Crippen molar-refractivity contribution in [1.82, 2.24) is 9.78 Å². The number of nitrogens with zero attached hydrogens (tertiary/aromatic N) is 3. The van der Waals surface area contributed by atoms with Gasteiger partial charge in [0, 0.05) is 0 Å². The molecule has 1 aromatic carbocycles. The van der Waals surface area contributed by atoms with Gasteiger partial charge in [-0.3, -0.25) is 4.79 Å². The van der Waals surface area contributed by atoms with Gasteiger partial charge in [0.1, 0.15) is 5.75 Å². The van der Waals surface area contributed by atoms with Gasteiger partial charge in [0.05, 0.1) is 12.1 Å². The van der Waals surface area contributed by atoms with E-state index < -0.39 is 16.3 Å². The van der Waals surface area contributed by atoms with Crippen LogP contribution in [0.4, 0.5) is 5.82 Å². The van der Waals surface area contributed by atoms with Crippen LogP contribution in [0.2, 0.25) is 5.02 Å². The molecule has 2 rings (SSSR count). The quantitative estimate of drug-likeness (QED) is 0.635. The number of nitro groups is 1. The van der Waals surface area contributed by atoms with Crippen LogP contribution in [0.1, 0.15) is 0 Å². The summed E-state index contributed by atoms with van der Waals surface area (Å²) >= 11 is 5.79. The van der Waals surface area contributed by atoms with E-state index in [0.717, 1.165) is 4.68 Å². The number of benzene rings is 1. The Balaban J connectivity index is 2.58. The van der Waals surface area contributed by atoms with Gasteiger partial charge in [-0.05, 0) is 17.1 Å². The van der Waals surface area contributed by atoms with Gasteiger partial charge in [0.15, 0.2) is 5.02 Å². The molecular formula is C11H8ClN3O4. The minimum atomic E-state index is -0.760. The van der Waals surface area contributed by atoms with Crippen molar-refractivity contribution in [3.8, 4) is 11.5 Å². The Labute approximate surface area is 112 Å². The summed E-state index contributed by atoms with van der Waals surface area (Å²) in [5.74, 6) is -0.653. The van der Waals surface area contributed by atoms with Gasteiger partial charge in [-0.1, -0.05) is 29.8 Å². The van der Waals surface area contributed by atoms with E-state index in [1.54, 1.807) is 30.3 Å². The van der Waals surface area contributed by atoms with Gasteiger partial charge < -0.3 is 14.9 Å². The third kappa shape index (κ3) is 2.55. The van der Waals surface area contributed by atoms with E-state index in [1.807, 2.05) is 0 Å². The Morgan fingerprint density at radius 3 is 2.58 bits per heavy atom. The van der Waals surface area contributed by atoms with Crippen molar-refractivity contribution in [2.45, 2.75) is 0 Å². The van der Waals surface area contributed by atoms with E-state index in [2.05, 4.69) is 5.10 Å². The number of ether oxygens (including phenoxy) is 1. The summed E-state index contributed by atoms with van der Waals surface area (Å²) in [6, 6.07) is 8.29. The summed E-state index contributed by atoms with van der Waals surface area (Å²) in [4.78, 5) is 21.8. The molecule has 0 unspecified atom stereocenters. The largest absolute Gasteiger partial charge is 0.447 e. The maximum Gasteiger partial charge on any atom is 0.432 e. The van der Waals surface area contributed by atoms with Crippen molar-refractivity contribution in [3.63, 3.8) is 0 Å². The average molecular weight is 282 g/mol. The maximum atomic E-state index is 11.6. The summed E-state index contributed by atoms with van der Waals surface area (Å²) < 4.78 is 6.08. The van der Waals surface area contributed by atoms with Gasteiger partial charge in [0.25, 0.3) is 5.75 Å². The minimum Gasteiger partial charge on any atom is -0.447 e. The predicted octanol–water partition coefficient (Wildman–Crippen LogP) is 2.13. The molecule has 2 aromatic rings. The molecule has 0 spiro atoms. The van der Waals surface area contributed by atoms with Crippen molar-refractivity contribution in [2.24, 2.45) is 7.05 Å². The molecule has 0 radical (unpaired) electrons. The predicted molar refractivity (Wildman–Crippen MR) is 67.7 cm³/mol. The van der Waals surface area contributed by atoms with E-state index in [1.165, 1.54) is 7.05 Å². The zero-order chi connectivity index (χ0) is 14.0. The van der Waals surface area contributed by atoms with Crippen molar-refractivity contribution in [3.05, 3.63) is 55.8 Å². The monoisotopic (exact) mass is 281 g/mol. The molecular weight excluding hydrogens is 274 g/mol. The SMILES string of the molecule is Cn1nc([N+](=O)[O-])c(Oc2ccccc2)c(Cl)c1=O. The average Bonchev–Trinajstić information content (AvgIpc) is 2.40.